The van der Waals surface area contributed by atoms with Gasteiger partial charge in [0.15, 0.2) is 0 Å². The van der Waals surface area contributed by atoms with Gasteiger partial charge in [0.1, 0.15) is 23.7 Å². The van der Waals surface area contributed by atoms with E-state index in [0.717, 1.165) is 17.4 Å². The number of nitrogens with one attached hydrogen (secondary N) is 1. The molecular formula is C20H24F2N4O. The van der Waals surface area contributed by atoms with E-state index in [2.05, 4.69) is 28.8 Å². The highest BCUT2D eigenvalue weighted by molar-refractivity contribution is 5.92. The van der Waals surface area contributed by atoms with Gasteiger partial charge in [-0.25, -0.2) is 18.7 Å². The molecule has 3 aromatic rings. The molecule has 0 unspecified atom stereocenters. The van der Waals surface area contributed by atoms with Crippen molar-refractivity contribution >= 4 is 11.0 Å². The molecule has 0 radical (unpaired) electrons. The van der Waals surface area contributed by atoms with Crippen LogP contribution < -0.4 is 10.5 Å². The number of nitrogens with two attached hydrogens (primary N) is 1. The fourth-order valence-electron chi connectivity index (χ4n) is 3.29. The summed E-state index contributed by atoms with van der Waals surface area (Å²) in [5, 5.41) is 0.824. The third kappa shape index (κ3) is 4.42. The topological polar surface area (TPSA) is 76.8 Å². The fraction of sp³-hybridized carbons (Fsp3) is 0.400. The van der Waals surface area contributed by atoms with E-state index in [9.17, 15) is 8.78 Å². The second kappa shape index (κ2) is 7.60. The quantitative estimate of drug-likeness (QED) is 0.628. The molecule has 0 saturated heterocycles. The van der Waals surface area contributed by atoms with Gasteiger partial charge < -0.3 is 15.5 Å². The molecule has 27 heavy (non-hydrogen) atoms. The Morgan fingerprint density at radius 2 is 2.04 bits per heavy atom. The molecule has 1 atom stereocenters. The average molecular weight is 374 g/mol. The van der Waals surface area contributed by atoms with E-state index >= 15 is 0 Å². The van der Waals surface area contributed by atoms with Gasteiger partial charge >= 0.3 is 0 Å². The van der Waals surface area contributed by atoms with Crippen LogP contribution in [0.15, 0.2) is 36.7 Å². The van der Waals surface area contributed by atoms with Crippen LogP contribution in [-0.2, 0) is 0 Å². The van der Waals surface area contributed by atoms with Crippen LogP contribution >= 0.6 is 0 Å². The molecule has 3 heterocycles. The van der Waals surface area contributed by atoms with Crippen molar-refractivity contribution in [1.29, 1.82) is 0 Å². The summed E-state index contributed by atoms with van der Waals surface area (Å²) in [6.45, 7) is 6.11. The first-order valence-corrected chi connectivity index (χ1v) is 8.90. The summed E-state index contributed by atoms with van der Waals surface area (Å²) < 4.78 is 32.8. The Hall–Kier alpha value is -2.54. The van der Waals surface area contributed by atoms with Gasteiger partial charge in [0.05, 0.1) is 5.69 Å². The van der Waals surface area contributed by atoms with Crippen LogP contribution in [0.4, 0.5) is 8.78 Å². The Balaban J connectivity index is 1.89. The summed E-state index contributed by atoms with van der Waals surface area (Å²) in [4.78, 5) is 11.4. The first-order valence-electron chi connectivity index (χ1n) is 8.90. The summed E-state index contributed by atoms with van der Waals surface area (Å²) in [7, 11) is 0. The minimum atomic E-state index is -2.75. The molecule has 0 saturated carbocycles. The highest BCUT2D eigenvalue weighted by Gasteiger charge is 2.24. The highest BCUT2D eigenvalue weighted by atomic mass is 19.3. The molecule has 0 aliphatic rings. The lowest BCUT2D eigenvalue weighted by Crippen LogP contribution is -2.43. The van der Waals surface area contributed by atoms with Crippen LogP contribution in [0.3, 0.4) is 0 Å². The standard InChI is InChI=1S/C20H24F2N4O/c1-12(2)9-20(3,23)11-27-16-7-6-15(26-17(16)18(21)22)14-10-25-19-13(14)5-4-8-24-19/h4-8,10,12,18H,9,11,23H2,1-3H3,(H,24,25)/t20-/m0/s1. The van der Waals surface area contributed by atoms with Crippen molar-refractivity contribution in [3.05, 3.63) is 42.4 Å². The zero-order valence-electron chi connectivity index (χ0n) is 15.7. The number of halogens is 2. The van der Waals surface area contributed by atoms with Gasteiger partial charge in [-0.05, 0) is 43.5 Å². The number of ether oxygens (including phenoxy) is 1. The number of aromatic nitrogens is 3. The Morgan fingerprint density at radius 3 is 2.74 bits per heavy atom. The second-order valence-electron chi connectivity index (χ2n) is 7.52. The van der Waals surface area contributed by atoms with Gasteiger partial charge in [-0.3, -0.25) is 0 Å². The van der Waals surface area contributed by atoms with Gasteiger partial charge in [0, 0.05) is 28.9 Å². The van der Waals surface area contributed by atoms with Crippen molar-refractivity contribution in [3.63, 3.8) is 0 Å². The maximum Gasteiger partial charge on any atom is 0.284 e. The van der Waals surface area contributed by atoms with Crippen molar-refractivity contribution < 1.29 is 13.5 Å². The molecular weight excluding hydrogens is 350 g/mol. The van der Waals surface area contributed by atoms with Crippen molar-refractivity contribution in [2.24, 2.45) is 11.7 Å². The number of rotatable bonds is 7. The summed E-state index contributed by atoms with van der Waals surface area (Å²) >= 11 is 0. The Kier molecular flexibility index (Phi) is 5.41. The predicted octanol–water partition coefficient (Wildman–Crippen LogP) is 4.70. The maximum atomic E-state index is 13.6. The molecule has 3 aromatic heterocycles. The fourth-order valence-corrected chi connectivity index (χ4v) is 3.29. The number of alkyl halides is 2. The van der Waals surface area contributed by atoms with E-state index in [1.807, 2.05) is 13.0 Å². The van der Waals surface area contributed by atoms with Crippen LogP contribution in [-0.4, -0.2) is 27.1 Å². The van der Waals surface area contributed by atoms with E-state index in [0.29, 0.717) is 17.3 Å². The highest BCUT2D eigenvalue weighted by Crippen LogP contribution is 2.33. The summed E-state index contributed by atoms with van der Waals surface area (Å²) in [5.41, 5.74) is 7.07. The van der Waals surface area contributed by atoms with Gasteiger partial charge in [-0.15, -0.1) is 0 Å². The van der Waals surface area contributed by atoms with Crippen molar-refractivity contribution in [2.45, 2.75) is 39.2 Å². The predicted molar refractivity (Wildman–Crippen MR) is 102 cm³/mol. The summed E-state index contributed by atoms with van der Waals surface area (Å²) in [6.07, 6.45) is 1.36. The Bertz CT molecular complexity index is 921. The van der Waals surface area contributed by atoms with E-state index < -0.39 is 12.0 Å². The van der Waals surface area contributed by atoms with Crippen LogP contribution in [0.2, 0.25) is 0 Å². The summed E-state index contributed by atoms with van der Waals surface area (Å²) in [6, 6.07) is 6.87. The normalized spacial score (nSPS) is 14.1. The molecule has 0 amide bonds. The molecule has 0 fully saturated rings. The molecule has 0 aliphatic carbocycles. The molecule has 144 valence electrons. The van der Waals surface area contributed by atoms with Crippen molar-refractivity contribution in [1.82, 2.24) is 15.0 Å². The average Bonchev–Trinajstić information content (AvgIpc) is 3.03. The lowest BCUT2D eigenvalue weighted by atomic mass is 9.93. The number of aromatic amines is 1. The Labute approximate surface area is 157 Å². The zero-order chi connectivity index (χ0) is 19.6. The third-order valence-corrected chi connectivity index (χ3v) is 4.25. The molecule has 0 aromatic carbocycles. The molecule has 7 heteroatoms. The molecule has 0 aliphatic heterocycles. The van der Waals surface area contributed by atoms with Gasteiger partial charge in [0.25, 0.3) is 6.43 Å². The number of pyridine rings is 2. The number of hydrogen-bond acceptors (Lipinski definition) is 4. The van der Waals surface area contributed by atoms with E-state index in [1.54, 1.807) is 24.5 Å². The molecule has 3 rings (SSSR count). The monoisotopic (exact) mass is 374 g/mol. The number of H-pyrrole nitrogens is 1. The number of nitrogens with zero attached hydrogens (tertiary/aromatic N) is 2. The van der Waals surface area contributed by atoms with Crippen LogP contribution in [0.25, 0.3) is 22.3 Å². The Morgan fingerprint density at radius 1 is 1.26 bits per heavy atom. The minimum absolute atomic E-state index is 0.0622. The number of fused-ring (bicyclic) bond motifs is 1. The van der Waals surface area contributed by atoms with Gasteiger partial charge in [-0.2, -0.15) is 0 Å². The molecule has 5 nitrogen and oxygen atoms in total. The smallest absolute Gasteiger partial charge is 0.284 e. The van der Waals surface area contributed by atoms with E-state index in [-0.39, 0.29) is 18.1 Å². The van der Waals surface area contributed by atoms with Crippen LogP contribution in [0.1, 0.15) is 39.3 Å². The lowest BCUT2D eigenvalue weighted by molar-refractivity contribution is 0.134. The maximum absolute atomic E-state index is 13.6. The van der Waals surface area contributed by atoms with E-state index in [4.69, 9.17) is 10.5 Å². The minimum Gasteiger partial charge on any atom is -0.490 e. The first kappa shape index (κ1) is 19.2. The summed E-state index contributed by atoms with van der Waals surface area (Å²) in [5.74, 6) is 0.446. The van der Waals surface area contributed by atoms with Crippen molar-refractivity contribution in [3.8, 4) is 17.0 Å². The third-order valence-electron chi connectivity index (χ3n) is 4.25. The largest absolute Gasteiger partial charge is 0.490 e. The van der Waals surface area contributed by atoms with Gasteiger partial charge in [0.2, 0.25) is 0 Å². The van der Waals surface area contributed by atoms with E-state index in [1.165, 1.54) is 6.07 Å². The molecule has 0 bridgehead atoms. The second-order valence-corrected chi connectivity index (χ2v) is 7.52. The zero-order valence-corrected chi connectivity index (χ0v) is 15.7. The van der Waals surface area contributed by atoms with Crippen molar-refractivity contribution in [2.75, 3.05) is 6.61 Å². The SMILES string of the molecule is CC(C)C[C@](C)(N)COc1ccc(-c2c[nH]c3ncccc23)nc1C(F)F. The first-order chi connectivity index (χ1) is 12.8. The van der Waals surface area contributed by atoms with Crippen LogP contribution in [0, 0.1) is 5.92 Å². The van der Waals surface area contributed by atoms with Gasteiger partial charge in [-0.1, -0.05) is 13.8 Å². The van der Waals surface area contributed by atoms with Crippen LogP contribution in [0.5, 0.6) is 5.75 Å². The lowest BCUT2D eigenvalue weighted by Gasteiger charge is -2.27. The molecule has 3 N–H and O–H groups in total. The number of hydrogen-bond donors (Lipinski definition) is 2. The molecule has 0 spiro atoms.